The second kappa shape index (κ2) is 4.55. The lowest BCUT2D eigenvalue weighted by molar-refractivity contribution is 0.730. The summed E-state index contributed by atoms with van der Waals surface area (Å²) in [6.07, 6.45) is 1.67. The lowest BCUT2D eigenvalue weighted by Crippen LogP contribution is -2.23. The standard InChI is InChI=1S/C14H12ClN3O/c1-2-17-11-7-6-10(15)9-12(11)18(14(17)19)13-5-3-4-8-16-13/h3-9H,2H2,1H3. The van der Waals surface area contributed by atoms with E-state index in [1.165, 1.54) is 0 Å². The van der Waals surface area contributed by atoms with Gasteiger partial charge >= 0.3 is 5.69 Å². The molecule has 1 aromatic carbocycles. The number of pyridine rings is 1. The molecule has 0 radical (unpaired) electrons. The van der Waals surface area contributed by atoms with Gasteiger partial charge in [0.05, 0.1) is 11.0 Å². The third-order valence-electron chi connectivity index (χ3n) is 3.09. The first kappa shape index (κ1) is 12.0. The fourth-order valence-corrected chi connectivity index (χ4v) is 2.41. The van der Waals surface area contributed by atoms with Crippen molar-refractivity contribution in [2.45, 2.75) is 13.5 Å². The predicted octanol–water partition coefficient (Wildman–Crippen LogP) is 2.86. The Kier molecular flexibility index (Phi) is 2.87. The van der Waals surface area contributed by atoms with Crippen molar-refractivity contribution in [1.29, 1.82) is 0 Å². The molecule has 0 bridgehead atoms. The minimum atomic E-state index is -0.0986. The van der Waals surface area contributed by atoms with Gasteiger partial charge in [0.1, 0.15) is 5.82 Å². The molecule has 0 saturated heterocycles. The third-order valence-corrected chi connectivity index (χ3v) is 3.32. The van der Waals surface area contributed by atoms with E-state index in [1.807, 2.05) is 31.2 Å². The maximum absolute atomic E-state index is 12.5. The van der Waals surface area contributed by atoms with Crippen molar-refractivity contribution in [3.05, 3.63) is 58.1 Å². The highest BCUT2D eigenvalue weighted by atomic mass is 35.5. The first-order chi connectivity index (χ1) is 9.22. The van der Waals surface area contributed by atoms with Gasteiger partial charge in [-0.1, -0.05) is 17.7 Å². The van der Waals surface area contributed by atoms with E-state index in [4.69, 9.17) is 11.6 Å². The Balaban J connectivity index is 2.45. The summed E-state index contributed by atoms with van der Waals surface area (Å²) < 4.78 is 3.30. The number of imidazole rings is 1. The van der Waals surface area contributed by atoms with E-state index in [-0.39, 0.29) is 5.69 Å². The number of hydrogen-bond donors (Lipinski definition) is 0. The lowest BCUT2D eigenvalue weighted by Gasteiger charge is -2.01. The summed E-state index contributed by atoms with van der Waals surface area (Å²) in [5.74, 6) is 0.604. The van der Waals surface area contributed by atoms with E-state index in [1.54, 1.807) is 27.5 Å². The van der Waals surface area contributed by atoms with E-state index in [9.17, 15) is 4.79 Å². The van der Waals surface area contributed by atoms with Crippen molar-refractivity contribution in [2.75, 3.05) is 0 Å². The number of fused-ring (bicyclic) bond motifs is 1. The molecule has 4 nitrogen and oxygen atoms in total. The largest absolute Gasteiger partial charge is 0.334 e. The topological polar surface area (TPSA) is 39.8 Å². The van der Waals surface area contributed by atoms with Crippen LogP contribution in [0.25, 0.3) is 16.9 Å². The Morgan fingerprint density at radius 3 is 2.74 bits per heavy atom. The van der Waals surface area contributed by atoms with Gasteiger partial charge in [0.25, 0.3) is 0 Å². The number of halogens is 1. The minimum absolute atomic E-state index is 0.0986. The van der Waals surface area contributed by atoms with Crippen LogP contribution >= 0.6 is 11.6 Å². The molecular formula is C14H12ClN3O. The molecule has 3 rings (SSSR count). The first-order valence-electron chi connectivity index (χ1n) is 6.04. The Morgan fingerprint density at radius 2 is 2.05 bits per heavy atom. The molecule has 0 saturated carbocycles. The molecule has 0 aliphatic heterocycles. The molecule has 0 fully saturated rings. The zero-order valence-electron chi connectivity index (χ0n) is 10.4. The highest BCUT2D eigenvalue weighted by Crippen LogP contribution is 2.20. The molecule has 0 unspecified atom stereocenters. The molecule has 0 spiro atoms. The second-order valence-corrected chi connectivity index (χ2v) is 4.62. The van der Waals surface area contributed by atoms with Crippen molar-refractivity contribution in [2.24, 2.45) is 0 Å². The van der Waals surface area contributed by atoms with Crippen LogP contribution in [0.1, 0.15) is 6.92 Å². The van der Waals surface area contributed by atoms with E-state index in [0.717, 1.165) is 11.0 Å². The predicted molar refractivity (Wildman–Crippen MR) is 76.0 cm³/mol. The van der Waals surface area contributed by atoms with Gasteiger partial charge in [0, 0.05) is 17.8 Å². The third kappa shape index (κ3) is 1.85. The summed E-state index contributed by atoms with van der Waals surface area (Å²) >= 11 is 6.04. The van der Waals surface area contributed by atoms with Crippen LogP contribution in [-0.4, -0.2) is 14.1 Å². The van der Waals surface area contributed by atoms with Gasteiger partial charge in [0.15, 0.2) is 0 Å². The molecule has 0 amide bonds. The molecule has 0 aliphatic rings. The Morgan fingerprint density at radius 1 is 1.21 bits per heavy atom. The van der Waals surface area contributed by atoms with E-state index in [2.05, 4.69) is 4.98 Å². The number of aromatic nitrogens is 3. The van der Waals surface area contributed by atoms with E-state index in [0.29, 0.717) is 17.4 Å². The molecule has 5 heteroatoms. The summed E-state index contributed by atoms with van der Waals surface area (Å²) in [7, 11) is 0. The van der Waals surface area contributed by atoms with E-state index < -0.39 is 0 Å². The molecule has 19 heavy (non-hydrogen) atoms. The van der Waals surface area contributed by atoms with Gasteiger partial charge in [0.2, 0.25) is 0 Å². The summed E-state index contributed by atoms with van der Waals surface area (Å²) in [4.78, 5) is 16.7. The van der Waals surface area contributed by atoms with Crippen LogP contribution in [0.4, 0.5) is 0 Å². The van der Waals surface area contributed by atoms with Crippen LogP contribution < -0.4 is 5.69 Å². The maximum atomic E-state index is 12.5. The Labute approximate surface area is 114 Å². The highest BCUT2D eigenvalue weighted by Gasteiger charge is 2.14. The van der Waals surface area contributed by atoms with Crippen molar-refractivity contribution >= 4 is 22.6 Å². The molecule has 3 aromatic rings. The zero-order valence-corrected chi connectivity index (χ0v) is 11.1. The van der Waals surface area contributed by atoms with Crippen molar-refractivity contribution in [3.8, 4) is 5.82 Å². The summed E-state index contributed by atoms with van der Waals surface area (Å²) in [5.41, 5.74) is 1.54. The van der Waals surface area contributed by atoms with Crippen LogP contribution in [0.3, 0.4) is 0 Å². The summed E-state index contributed by atoms with van der Waals surface area (Å²) in [5, 5.41) is 0.602. The number of benzene rings is 1. The molecule has 2 aromatic heterocycles. The van der Waals surface area contributed by atoms with Gasteiger partial charge < -0.3 is 0 Å². The molecule has 0 N–H and O–H groups in total. The second-order valence-electron chi connectivity index (χ2n) is 4.18. The van der Waals surface area contributed by atoms with Gasteiger partial charge in [-0.2, -0.15) is 0 Å². The van der Waals surface area contributed by atoms with Crippen molar-refractivity contribution in [1.82, 2.24) is 14.1 Å². The van der Waals surface area contributed by atoms with Gasteiger partial charge in [-0.15, -0.1) is 0 Å². The lowest BCUT2D eigenvalue weighted by atomic mass is 10.3. The minimum Gasteiger partial charge on any atom is -0.292 e. The molecule has 0 atom stereocenters. The van der Waals surface area contributed by atoms with Crippen LogP contribution in [0.2, 0.25) is 5.02 Å². The normalized spacial score (nSPS) is 11.1. The molecule has 0 aliphatic carbocycles. The van der Waals surface area contributed by atoms with Crippen LogP contribution in [-0.2, 0) is 6.54 Å². The monoisotopic (exact) mass is 273 g/mol. The van der Waals surface area contributed by atoms with E-state index >= 15 is 0 Å². The SMILES string of the molecule is CCn1c(=O)n(-c2ccccn2)c2cc(Cl)ccc21. The van der Waals surface area contributed by atoms with Crippen molar-refractivity contribution in [3.63, 3.8) is 0 Å². The van der Waals surface area contributed by atoms with Gasteiger partial charge in [-0.25, -0.2) is 14.3 Å². The van der Waals surface area contributed by atoms with Crippen molar-refractivity contribution < 1.29 is 0 Å². The smallest absolute Gasteiger partial charge is 0.292 e. The highest BCUT2D eigenvalue weighted by molar-refractivity contribution is 6.31. The fourth-order valence-electron chi connectivity index (χ4n) is 2.24. The van der Waals surface area contributed by atoms with Crippen LogP contribution in [0, 0.1) is 0 Å². The van der Waals surface area contributed by atoms with Gasteiger partial charge in [-0.3, -0.25) is 4.57 Å². The number of hydrogen-bond acceptors (Lipinski definition) is 2. The van der Waals surface area contributed by atoms with Crippen LogP contribution in [0.15, 0.2) is 47.4 Å². The molecular weight excluding hydrogens is 262 g/mol. The number of nitrogens with zero attached hydrogens (tertiary/aromatic N) is 3. The average molecular weight is 274 g/mol. The fraction of sp³-hybridized carbons (Fsp3) is 0.143. The van der Waals surface area contributed by atoms with Gasteiger partial charge in [-0.05, 0) is 37.3 Å². The summed E-state index contributed by atoms with van der Waals surface area (Å²) in [6, 6.07) is 10.9. The molecule has 96 valence electrons. The molecule has 2 heterocycles. The average Bonchev–Trinajstić information content (AvgIpc) is 2.70. The summed E-state index contributed by atoms with van der Waals surface area (Å²) in [6.45, 7) is 2.55. The van der Waals surface area contributed by atoms with Crippen LogP contribution in [0.5, 0.6) is 0 Å². The number of aryl methyl sites for hydroxylation is 1. The maximum Gasteiger partial charge on any atom is 0.334 e. The Bertz CT molecular complexity index is 790. The quantitative estimate of drug-likeness (QED) is 0.720. The number of rotatable bonds is 2. The zero-order chi connectivity index (χ0) is 13.4. The first-order valence-corrected chi connectivity index (χ1v) is 6.42. The Hall–Kier alpha value is -2.07.